The molecule has 1 atom stereocenters. The third-order valence-electron chi connectivity index (χ3n) is 3.99. The monoisotopic (exact) mass is 282 g/mol. The van der Waals surface area contributed by atoms with Crippen LogP contribution >= 0.6 is 0 Å². The number of fused-ring (bicyclic) bond motifs is 1. The van der Waals surface area contributed by atoms with E-state index in [0.717, 1.165) is 30.1 Å². The molecule has 2 aromatic rings. The molecule has 1 aromatic carbocycles. The lowest BCUT2D eigenvalue weighted by Crippen LogP contribution is -2.34. The van der Waals surface area contributed by atoms with Gasteiger partial charge in [-0.3, -0.25) is 4.68 Å². The second kappa shape index (κ2) is 5.57. The van der Waals surface area contributed by atoms with Crippen molar-refractivity contribution in [1.82, 2.24) is 14.8 Å². The summed E-state index contributed by atoms with van der Waals surface area (Å²) in [6, 6.07) is 10.3. The van der Waals surface area contributed by atoms with Crippen LogP contribution in [0.1, 0.15) is 31.2 Å². The van der Waals surface area contributed by atoms with Crippen molar-refractivity contribution in [1.29, 1.82) is 5.26 Å². The quantitative estimate of drug-likeness (QED) is 0.864. The molecular formula is C16H18N4O. The van der Waals surface area contributed by atoms with Gasteiger partial charge in [0.05, 0.1) is 18.1 Å². The van der Waals surface area contributed by atoms with Crippen LogP contribution in [0.25, 0.3) is 0 Å². The third kappa shape index (κ3) is 2.38. The molecule has 0 saturated carbocycles. The van der Waals surface area contributed by atoms with Gasteiger partial charge in [0.2, 0.25) is 0 Å². The van der Waals surface area contributed by atoms with E-state index in [-0.39, 0.29) is 0 Å². The molecule has 5 heteroatoms. The molecule has 0 radical (unpaired) electrons. The molecule has 1 aromatic heterocycles. The van der Waals surface area contributed by atoms with Crippen molar-refractivity contribution >= 4 is 0 Å². The van der Waals surface area contributed by atoms with Crippen LogP contribution in [0.5, 0.6) is 5.75 Å². The van der Waals surface area contributed by atoms with E-state index >= 15 is 0 Å². The van der Waals surface area contributed by atoms with Gasteiger partial charge in [-0.25, -0.2) is 4.98 Å². The fourth-order valence-electron chi connectivity index (χ4n) is 2.89. The maximum atomic E-state index is 9.84. The van der Waals surface area contributed by atoms with Gasteiger partial charge in [0.1, 0.15) is 17.9 Å². The van der Waals surface area contributed by atoms with E-state index in [1.807, 2.05) is 28.9 Å². The number of aryl methyl sites for hydroxylation is 1. The van der Waals surface area contributed by atoms with Crippen molar-refractivity contribution in [2.45, 2.75) is 38.1 Å². The number of ether oxygens (including phenoxy) is 1. The van der Waals surface area contributed by atoms with Gasteiger partial charge in [-0.2, -0.15) is 10.4 Å². The van der Waals surface area contributed by atoms with Gasteiger partial charge in [0, 0.05) is 24.9 Å². The van der Waals surface area contributed by atoms with E-state index in [2.05, 4.69) is 23.1 Å². The van der Waals surface area contributed by atoms with Gasteiger partial charge >= 0.3 is 0 Å². The molecule has 21 heavy (non-hydrogen) atoms. The summed E-state index contributed by atoms with van der Waals surface area (Å²) in [4.78, 5) is 4.35. The summed E-state index contributed by atoms with van der Waals surface area (Å²) in [5.74, 6) is 1.68. The van der Waals surface area contributed by atoms with Gasteiger partial charge in [0.15, 0.2) is 0 Å². The number of aromatic nitrogens is 3. The number of benzene rings is 1. The summed E-state index contributed by atoms with van der Waals surface area (Å²) < 4.78 is 7.58. The van der Waals surface area contributed by atoms with E-state index in [1.165, 1.54) is 0 Å². The smallest absolute Gasteiger partial charge is 0.138 e. The van der Waals surface area contributed by atoms with Crippen LogP contribution in [-0.4, -0.2) is 21.4 Å². The Morgan fingerprint density at radius 3 is 3.10 bits per heavy atom. The van der Waals surface area contributed by atoms with Gasteiger partial charge < -0.3 is 4.74 Å². The Kier molecular flexibility index (Phi) is 3.61. The summed E-state index contributed by atoms with van der Waals surface area (Å²) in [5, 5.41) is 14.1. The number of nitriles is 1. The highest BCUT2D eigenvalue weighted by Gasteiger charge is 2.39. The Balaban J connectivity index is 1.99. The zero-order valence-corrected chi connectivity index (χ0v) is 12.1. The molecule has 0 saturated heterocycles. The molecule has 2 heterocycles. The summed E-state index contributed by atoms with van der Waals surface area (Å²) >= 11 is 0. The average molecular weight is 282 g/mol. The van der Waals surface area contributed by atoms with Crippen molar-refractivity contribution < 1.29 is 4.74 Å². The molecule has 1 aliphatic rings. The molecular weight excluding hydrogens is 264 g/mol. The SMILES string of the molecule is CCCn1ncnc1CC1(C#N)CCOc2ccccc21. The average Bonchev–Trinajstić information content (AvgIpc) is 2.95. The van der Waals surface area contributed by atoms with Gasteiger partial charge in [0.25, 0.3) is 0 Å². The molecule has 0 spiro atoms. The third-order valence-corrected chi connectivity index (χ3v) is 3.99. The van der Waals surface area contributed by atoms with Crippen molar-refractivity contribution in [3.63, 3.8) is 0 Å². The second-order valence-corrected chi connectivity index (χ2v) is 5.36. The van der Waals surface area contributed by atoms with E-state index in [9.17, 15) is 5.26 Å². The Morgan fingerprint density at radius 2 is 2.29 bits per heavy atom. The molecule has 0 fully saturated rings. The number of hydrogen-bond donors (Lipinski definition) is 0. The van der Waals surface area contributed by atoms with Crippen molar-refractivity contribution in [2.75, 3.05) is 6.61 Å². The molecule has 5 nitrogen and oxygen atoms in total. The summed E-state index contributed by atoms with van der Waals surface area (Å²) in [6.07, 6.45) is 3.82. The fraction of sp³-hybridized carbons (Fsp3) is 0.438. The first-order valence-corrected chi connectivity index (χ1v) is 7.29. The predicted octanol–water partition coefficient (Wildman–Crippen LogP) is 2.47. The Morgan fingerprint density at radius 1 is 1.43 bits per heavy atom. The maximum absolute atomic E-state index is 9.84. The minimum absolute atomic E-state index is 0.562. The lowest BCUT2D eigenvalue weighted by Gasteiger charge is -2.32. The number of para-hydroxylation sites is 1. The number of rotatable bonds is 4. The van der Waals surface area contributed by atoms with Crippen LogP contribution in [0.15, 0.2) is 30.6 Å². The first-order chi connectivity index (χ1) is 10.3. The lowest BCUT2D eigenvalue weighted by molar-refractivity contribution is 0.238. The summed E-state index contributed by atoms with van der Waals surface area (Å²) in [6.45, 7) is 3.50. The van der Waals surface area contributed by atoms with Crippen LogP contribution in [0.2, 0.25) is 0 Å². The van der Waals surface area contributed by atoms with E-state index in [4.69, 9.17) is 4.74 Å². The van der Waals surface area contributed by atoms with E-state index in [0.29, 0.717) is 19.4 Å². The van der Waals surface area contributed by atoms with Gasteiger partial charge in [-0.15, -0.1) is 0 Å². The first kappa shape index (κ1) is 13.6. The molecule has 1 aliphatic heterocycles. The Bertz CT molecular complexity index is 673. The molecule has 0 bridgehead atoms. The zero-order valence-electron chi connectivity index (χ0n) is 12.1. The minimum atomic E-state index is -0.576. The van der Waals surface area contributed by atoms with Crippen LogP contribution in [0.4, 0.5) is 0 Å². The normalized spacial score (nSPS) is 20.4. The van der Waals surface area contributed by atoms with E-state index in [1.54, 1.807) is 6.33 Å². The Labute approximate surface area is 124 Å². The van der Waals surface area contributed by atoms with Gasteiger partial charge in [-0.05, 0) is 12.5 Å². The summed E-state index contributed by atoms with van der Waals surface area (Å²) in [5.41, 5.74) is 0.387. The van der Waals surface area contributed by atoms with Crippen molar-refractivity contribution in [3.8, 4) is 11.8 Å². The van der Waals surface area contributed by atoms with Crippen LogP contribution < -0.4 is 4.74 Å². The largest absolute Gasteiger partial charge is 0.493 e. The predicted molar refractivity (Wildman–Crippen MR) is 77.9 cm³/mol. The van der Waals surface area contributed by atoms with Crippen LogP contribution in [-0.2, 0) is 18.4 Å². The molecule has 0 N–H and O–H groups in total. The molecule has 0 amide bonds. The molecule has 1 unspecified atom stereocenters. The summed E-state index contributed by atoms with van der Waals surface area (Å²) in [7, 11) is 0. The van der Waals surface area contributed by atoms with Gasteiger partial charge in [-0.1, -0.05) is 25.1 Å². The zero-order chi connectivity index (χ0) is 14.7. The highest BCUT2D eigenvalue weighted by molar-refractivity contribution is 5.46. The lowest BCUT2D eigenvalue weighted by atomic mass is 9.74. The Hall–Kier alpha value is -2.35. The molecule has 0 aliphatic carbocycles. The second-order valence-electron chi connectivity index (χ2n) is 5.36. The topological polar surface area (TPSA) is 63.7 Å². The molecule has 3 rings (SSSR count). The van der Waals surface area contributed by atoms with Crippen molar-refractivity contribution in [2.24, 2.45) is 0 Å². The van der Waals surface area contributed by atoms with Crippen molar-refractivity contribution in [3.05, 3.63) is 42.0 Å². The number of hydrogen-bond acceptors (Lipinski definition) is 4. The highest BCUT2D eigenvalue weighted by atomic mass is 16.5. The fourth-order valence-corrected chi connectivity index (χ4v) is 2.89. The maximum Gasteiger partial charge on any atom is 0.138 e. The first-order valence-electron chi connectivity index (χ1n) is 7.29. The highest BCUT2D eigenvalue weighted by Crippen LogP contribution is 2.40. The number of nitrogens with zero attached hydrogens (tertiary/aromatic N) is 4. The molecule has 108 valence electrons. The minimum Gasteiger partial charge on any atom is -0.493 e. The van der Waals surface area contributed by atoms with E-state index < -0.39 is 5.41 Å². The standard InChI is InChI=1S/C16H18N4O/c1-2-8-20-15(18-12-19-20)10-16(11-17)7-9-21-14-6-4-3-5-13(14)16/h3-6,12H,2,7-10H2,1H3. The van der Waals surface area contributed by atoms with Crippen LogP contribution in [0.3, 0.4) is 0 Å². The van der Waals surface area contributed by atoms with Crippen LogP contribution in [0, 0.1) is 11.3 Å².